The second kappa shape index (κ2) is 4.99. The lowest BCUT2D eigenvalue weighted by Gasteiger charge is -2.32. The molecule has 3 rings (SSSR count). The topological polar surface area (TPSA) is 30.5 Å². The van der Waals surface area contributed by atoms with Crippen molar-refractivity contribution < 1.29 is 9.47 Å². The second-order valence-electron chi connectivity index (χ2n) is 5.41. The maximum Gasteiger partial charge on any atom is 0.109 e. The fourth-order valence-corrected chi connectivity index (χ4v) is 3.50. The van der Waals surface area contributed by atoms with E-state index in [-0.39, 0.29) is 0 Å². The highest BCUT2D eigenvalue weighted by molar-refractivity contribution is 5.11. The molecule has 4 atom stereocenters. The predicted octanol–water partition coefficient (Wildman–Crippen LogP) is 2.23. The average molecular weight is 237 g/mol. The Kier molecular flexibility index (Phi) is 3.39. The molecule has 0 radical (unpaired) electrons. The van der Waals surface area contributed by atoms with E-state index >= 15 is 0 Å². The molecule has 0 aromatic rings. The zero-order chi connectivity index (χ0) is 11.7. The third kappa shape index (κ3) is 2.23. The Morgan fingerprint density at radius 2 is 2.41 bits per heavy atom. The number of nitrogens with one attached hydrogen (secondary N) is 1. The fraction of sp³-hybridized carbons (Fsp3) is 0.857. The Bertz CT molecular complexity index is 303. The molecule has 0 aromatic heterocycles. The minimum absolute atomic E-state index is 0.385. The van der Waals surface area contributed by atoms with Crippen LogP contribution in [0, 0.1) is 5.92 Å². The molecule has 2 bridgehead atoms. The molecule has 3 nitrogen and oxygen atoms in total. The summed E-state index contributed by atoms with van der Waals surface area (Å²) < 4.78 is 11.8. The molecule has 17 heavy (non-hydrogen) atoms. The van der Waals surface area contributed by atoms with Gasteiger partial charge in [-0.1, -0.05) is 6.92 Å². The minimum atomic E-state index is 0.385. The number of allylic oxidation sites excluding steroid dienone is 1. The van der Waals surface area contributed by atoms with Crippen molar-refractivity contribution in [3.8, 4) is 0 Å². The van der Waals surface area contributed by atoms with E-state index in [4.69, 9.17) is 9.47 Å². The van der Waals surface area contributed by atoms with E-state index in [0.717, 1.165) is 19.6 Å². The van der Waals surface area contributed by atoms with Gasteiger partial charge >= 0.3 is 0 Å². The van der Waals surface area contributed by atoms with Crippen LogP contribution in [0.5, 0.6) is 0 Å². The van der Waals surface area contributed by atoms with E-state index in [1.54, 1.807) is 0 Å². The first-order valence-corrected chi connectivity index (χ1v) is 7.10. The van der Waals surface area contributed by atoms with Crippen LogP contribution in [-0.2, 0) is 9.47 Å². The summed E-state index contributed by atoms with van der Waals surface area (Å²) in [7, 11) is 0. The van der Waals surface area contributed by atoms with Crippen molar-refractivity contribution in [1.29, 1.82) is 0 Å². The Labute approximate surface area is 104 Å². The van der Waals surface area contributed by atoms with Crippen LogP contribution >= 0.6 is 0 Å². The smallest absolute Gasteiger partial charge is 0.109 e. The van der Waals surface area contributed by atoms with E-state index in [0.29, 0.717) is 24.2 Å². The number of ether oxygens (including phenoxy) is 2. The molecule has 96 valence electrons. The van der Waals surface area contributed by atoms with Crippen molar-refractivity contribution in [3.05, 3.63) is 11.8 Å². The van der Waals surface area contributed by atoms with Gasteiger partial charge in [-0.3, -0.25) is 0 Å². The molecule has 2 fully saturated rings. The molecule has 3 aliphatic rings. The van der Waals surface area contributed by atoms with Crippen LogP contribution in [0.15, 0.2) is 11.8 Å². The molecule has 0 spiro atoms. The second-order valence-corrected chi connectivity index (χ2v) is 5.41. The van der Waals surface area contributed by atoms with Gasteiger partial charge in [0.1, 0.15) is 5.76 Å². The van der Waals surface area contributed by atoms with Crippen LogP contribution in [0.25, 0.3) is 0 Å². The van der Waals surface area contributed by atoms with Gasteiger partial charge in [-0.15, -0.1) is 0 Å². The van der Waals surface area contributed by atoms with Crippen LogP contribution < -0.4 is 5.32 Å². The first-order valence-electron chi connectivity index (χ1n) is 7.10. The standard InChI is InChI=1S/C14H23NO2/c1-2-15-14(13-5-3-4-8-16-13)11-9-10-6-7-12(11)17-10/h5,10-12,14-15H,2-4,6-9H2,1H3. The SMILES string of the molecule is CCNC(C1=CCCCO1)C1CC2CCC1O2. The number of hydrogen-bond acceptors (Lipinski definition) is 3. The van der Waals surface area contributed by atoms with Crippen molar-refractivity contribution in [2.24, 2.45) is 5.92 Å². The average Bonchev–Trinajstić information content (AvgIpc) is 2.99. The van der Waals surface area contributed by atoms with Crippen molar-refractivity contribution in [1.82, 2.24) is 5.32 Å². The van der Waals surface area contributed by atoms with Crippen molar-refractivity contribution >= 4 is 0 Å². The summed E-state index contributed by atoms with van der Waals surface area (Å²) in [5.41, 5.74) is 0. The third-order valence-corrected chi connectivity index (χ3v) is 4.27. The molecule has 3 aliphatic heterocycles. The van der Waals surface area contributed by atoms with Crippen molar-refractivity contribution in [2.45, 2.75) is 57.3 Å². The highest BCUT2D eigenvalue weighted by atomic mass is 16.5. The van der Waals surface area contributed by atoms with E-state index < -0.39 is 0 Å². The van der Waals surface area contributed by atoms with Crippen molar-refractivity contribution in [3.63, 3.8) is 0 Å². The Morgan fingerprint density at radius 3 is 3.00 bits per heavy atom. The summed E-state index contributed by atoms with van der Waals surface area (Å²) in [5.74, 6) is 1.80. The summed E-state index contributed by atoms with van der Waals surface area (Å²) in [5, 5.41) is 3.61. The Balaban J connectivity index is 1.73. The molecular weight excluding hydrogens is 214 g/mol. The van der Waals surface area contributed by atoms with Gasteiger partial charge in [0.2, 0.25) is 0 Å². The summed E-state index contributed by atoms with van der Waals surface area (Å²) in [6.07, 6.45) is 9.32. The van der Waals surface area contributed by atoms with Gasteiger partial charge in [-0.05, 0) is 44.7 Å². The number of fused-ring (bicyclic) bond motifs is 2. The summed E-state index contributed by atoms with van der Waals surface area (Å²) in [4.78, 5) is 0. The minimum Gasteiger partial charge on any atom is -0.497 e. The first kappa shape index (κ1) is 11.5. The Morgan fingerprint density at radius 1 is 1.47 bits per heavy atom. The molecule has 2 saturated heterocycles. The number of rotatable bonds is 4. The Hall–Kier alpha value is -0.540. The molecule has 3 heterocycles. The summed E-state index contributed by atoms with van der Waals surface area (Å²) in [6, 6.07) is 0.385. The summed E-state index contributed by atoms with van der Waals surface area (Å²) >= 11 is 0. The quantitative estimate of drug-likeness (QED) is 0.813. The van der Waals surface area contributed by atoms with Gasteiger partial charge in [0.15, 0.2) is 0 Å². The van der Waals surface area contributed by atoms with Gasteiger partial charge in [0, 0.05) is 5.92 Å². The van der Waals surface area contributed by atoms with E-state index in [9.17, 15) is 0 Å². The number of hydrogen-bond donors (Lipinski definition) is 1. The van der Waals surface area contributed by atoms with Crippen LogP contribution in [0.1, 0.15) is 39.0 Å². The van der Waals surface area contributed by atoms with E-state index in [2.05, 4.69) is 18.3 Å². The predicted molar refractivity (Wildman–Crippen MR) is 66.7 cm³/mol. The molecule has 0 aliphatic carbocycles. The lowest BCUT2D eigenvalue weighted by Crippen LogP contribution is -2.43. The normalized spacial score (nSPS) is 37.7. The first-order chi connectivity index (χ1) is 8.38. The van der Waals surface area contributed by atoms with Crippen LogP contribution in [-0.4, -0.2) is 31.4 Å². The molecular formula is C14H23NO2. The highest BCUT2D eigenvalue weighted by Gasteiger charge is 2.45. The molecule has 1 N–H and O–H groups in total. The van der Waals surface area contributed by atoms with Crippen LogP contribution in [0.3, 0.4) is 0 Å². The maximum atomic E-state index is 5.98. The monoisotopic (exact) mass is 237 g/mol. The lowest BCUT2D eigenvalue weighted by atomic mass is 9.82. The summed E-state index contributed by atoms with van der Waals surface area (Å²) in [6.45, 7) is 4.05. The van der Waals surface area contributed by atoms with Gasteiger partial charge < -0.3 is 14.8 Å². The van der Waals surface area contributed by atoms with Crippen LogP contribution in [0.2, 0.25) is 0 Å². The zero-order valence-corrected chi connectivity index (χ0v) is 10.7. The van der Waals surface area contributed by atoms with Gasteiger partial charge in [0.25, 0.3) is 0 Å². The van der Waals surface area contributed by atoms with Crippen LogP contribution in [0.4, 0.5) is 0 Å². The molecule has 0 saturated carbocycles. The van der Waals surface area contributed by atoms with Crippen molar-refractivity contribution in [2.75, 3.05) is 13.2 Å². The zero-order valence-electron chi connectivity index (χ0n) is 10.7. The molecule has 0 aromatic carbocycles. The lowest BCUT2D eigenvalue weighted by molar-refractivity contribution is 0.0783. The van der Waals surface area contributed by atoms with Gasteiger partial charge in [-0.2, -0.15) is 0 Å². The highest BCUT2D eigenvalue weighted by Crippen LogP contribution is 2.42. The fourth-order valence-electron chi connectivity index (χ4n) is 3.50. The largest absolute Gasteiger partial charge is 0.497 e. The molecule has 3 heteroatoms. The van der Waals surface area contributed by atoms with E-state index in [1.165, 1.54) is 31.4 Å². The molecule has 0 amide bonds. The third-order valence-electron chi connectivity index (χ3n) is 4.27. The maximum absolute atomic E-state index is 5.98. The number of likely N-dealkylation sites (N-methyl/N-ethyl adjacent to an activating group) is 1. The molecule has 4 unspecified atom stereocenters. The van der Waals surface area contributed by atoms with Gasteiger partial charge in [0.05, 0.1) is 24.9 Å². The van der Waals surface area contributed by atoms with Gasteiger partial charge in [-0.25, -0.2) is 0 Å². The van der Waals surface area contributed by atoms with E-state index in [1.807, 2.05) is 0 Å².